The molecule has 0 spiro atoms. The first-order valence-corrected chi connectivity index (χ1v) is 11.6. The zero-order chi connectivity index (χ0) is 22.9. The van der Waals surface area contributed by atoms with E-state index in [4.69, 9.17) is 9.47 Å². The van der Waals surface area contributed by atoms with Crippen LogP contribution in [0.3, 0.4) is 0 Å². The summed E-state index contributed by atoms with van der Waals surface area (Å²) in [5.41, 5.74) is 3.69. The molecule has 7 nitrogen and oxygen atoms in total. The number of fused-ring (bicyclic) bond motifs is 1. The number of sulfonamides is 1. The molecule has 3 aromatic carbocycles. The number of anilines is 1. The minimum atomic E-state index is -3.72. The van der Waals surface area contributed by atoms with Crippen molar-refractivity contribution in [1.82, 2.24) is 4.90 Å². The molecule has 0 saturated carbocycles. The summed E-state index contributed by atoms with van der Waals surface area (Å²) in [7, 11) is -2.00. The molecule has 1 amide bonds. The van der Waals surface area contributed by atoms with Crippen LogP contribution in [0.15, 0.2) is 65.6 Å². The number of ether oxygens (including phenoxy) is 2. The first-order chi connectivity index (χ1) is 15.2. The summed E-state index contributed by atoms with van der Waals surface area (Å²) in [6.07, 6.45) is 0. The Morgan fingerprint density at radius 3 is 2.38 bits per heavy atom. The van der Waals surface area contributed by atoms with Crippen molar-refractivity contribution in [2.75, 3.05) is 18.6 Å². The van der Waals surface area contributed by atoms with Crippen LogP contribution in [0.5, 0.6) is 11.5 Å². The second kappa shape index (κ2) is 8.55. The predicted octanol–water partition coefficient (Wildman–Crippen LogP) is 4.11. The van der Waals surface area contributed by atoms with Gasteiger partial charge in [0.2, 0.25) is 6.79 Å². The van der Waals surface area contributed by atoms with Gasteiger partial charge in [-0.1, -0.05) is 12.1 Å². The summed E-state index contributed by atoms with van der Waals surface area (Å²) >= 11 is 0. The minimum Gasteiger partial charge on any atom is -0.454 e. The molecule has 0 unspecified atom stereocenters. The summed E-state index contributed by atoms with van der Waals surface area (Å²) in [6, 6.07) is 17.0. The fourth-order valence-electron chi connectivity index (χ4n) is 3.38. The summed E-state index contributed by atoms with van der Waals surface area (Å²) in [6.45, 7) is 4.40. The molecule has 0 saturated heterocycles. The van der Waals surface area contributed by atoms with Crippen molar-refractivity contribution in [3.63, 3.8) is 0 Å². The van der Waals surface area contributed by atoms with E-state index in [9.17, 15) is 13.2 Å². The number of amides is 1. The number of hydrogen-bond donors (Lipinski definition) is 1. The second-order valence-corrected chi connectivity index (χ2v) is 9.46. The van der Waals surface area contributed by atoms with Crippen molar-refractivity contribution in [1.29, 1.82) is 0 Å². The van der Waals surface area contributed by atoms with Gasteiger partial charge in [-0.2, -0.15) is 0 Å². The molecule has 0 aliphatic carbocycles. The van der Waals surface area contributed by atoms with Gasteiger partial charge in [-0.3, -0.25) is 9.52 Å². The van der Waals surface area contributed by atoms with Crippen LogP contribution >= 0.6 is 0 Å². The van der Waals surface area contributed by atoms with Crippen molar-refractivity contribution in [2.24, 2.45) is 0 Å². The van der Waals surface area contributed by atoms with Crippen LogP contribution in [0.4, 0.5) is 5.69 Å². The predicted molar refractivity (Wildman–Crippen MR) is 122 cm³/mol. The van der Waals surface area contributed by atoms with Crippen molar-refractivity contribution >= 4 is 21.6 Å². The molecule has 0 atom stereocenters. The third-order valence-corrected chi connectivity index (χ3v) is 6.76. The molecular formula is C24H24N2O5S. The number of rotatable bonds is 6. The number of benzene rings is 3. The molecule has 0 fully saturated rings. The highest BCUT2D eigenvalue weighted by molar-refractivity contribution is 7.92. The third kappa shape index (κ3) is 4.55. The average molecular weight is 453 g/mol. The maximum atomic E-state index is 12.8. The highest BCUT2D eigenvalue weighted by Gasteiger charge is 2.18. The molecule has 1 aliphatic rings. The smallest absolute Gasteiger partial charge is 0.261 e. The Balaban J connectivity index is 1.43. The number of nitrogens with zero attached hydrogens (tertiary/aromatic N) is 1. The van der Waals surface area contributed by atoms with Crippen molar-refractivity contribution in [2.45, 2.75) is 25.3 Å². The lowest BCUT2D eigenvalue weighted by Gasteiger charge is -2.18. The molecule has 166 valence electrons. The first-order valence-electron chi connectivity index (χ1n) is 10.1. The fourth-order valence-corrected chi connectivity index (χ4v) is 4.52. The highest BCUT2D eigenvalue weighted by Crippen LogP contribution is 2.32. The maximum Gasteiger partial charge on any atom is 0.261 e. The second-order valence-electron chi connectivity index (χ2n) is 7.78. The molecule has 1 aliphatic heterocycles. The molecule has 4 rings (SSSR count). The normalized spacial score (nSPS) is 12.5. The Hall–Kier alpha value is -3.52. The Kier molecular flexibility index (Phi) is 5.80. The SMILES string of the molecule is Cc1ccc(S(=O)(=O)Nc2ccc(C(=O)N(C)Cc3ccc4c(c3)OCO4)cc2)cc1C. The van der Waals surface area contributed by atoms with Crippen molar-refractivity contribution in [3.8, 4) is 11.5 Å². The molecule has 0 aromatic heterocycles. The zero-order valence-corrected chi connectivity index (χ0v) is 18.9. The molecule has 1 N–H and O–H groups in total. The van der Waals surface area contributed by atoms with Crippen LogP contribution in [-0.4, -0.2) is 33.1 Å². The van der Waals surface area contributed by atoms with Gasteiger partial charge in [0.15, 0.2) is 11.5 Å². The van der Waals surface area contributed by atoms with Crippen LogP contribution in [0, 0.1) is 13.8 Å². The fraction of sp³-hybridized carbons (Fsp3) is 0.208. The van der Waals surface area contributed by atoms with E-state index in [1.807, 2.05) is 32.0 Å². The topological polar surface area (TPSA) is 84.9 Å². The Bertz CT molecular complexity index is 1270. The van der Waals surface area contributed by atoms with Crippen LogP contribution in [0.25, 0.3) is 0 Å². The lowest BCUT2D eigenvalue weighted by atomic mass is 10.1. The van der Waals surface area contributed by atoms with E-state index in [2.05, 4.69) is 4.72 Å². The molecular weight excluding hydrogens is 428 g/mol. The standard InChI is InChI=1S/C24H24N2O5S/c1-16-4-10-21(12-17(16)2)32(28,29)25-20-8-6-19(7-9-20)24(27)26(3)14-18-5-11-22-23(13-18)31-15-30-22/h4-13,25H,14-15H2,1-3H3. The lowest BCUT2D eigenvalue weighted by Crippen LogP contribution is -2.26. The van der Waals surface area contributed by atoms with Crippen molar-refractivity contribution < 1.29 is 22.7 Å². The van der Waals surface area contributed by atoms with Gasteiger partial charge in [0.1, 0.15) is 0 Å². The van der Waals surface area contributed by atoms with Gasteiger partial charge < -0.3 is 14.4 Å². The van der Waals surface area contributed by atoms with Crippen LogP contribution in [0.2, 0.25) is 0 Å². The van der Waals surface area contributed by atoms with Gasteiger partial charge in [0.05, 0.1) is 4.90 Å². The Morgan fingerprint density at radius 2 is 1.66 bits per heavy atom. The monoisotopic (exact) mass is 452 g/mol. The van der Waals surface area contributed by atoms with Gasteiger partial charge in [-0.25, -0.2) is 8.42 Å². The highest BCUT2D eigenvalue weighted by atomic mass is 32.2. The van der Waals surface area contributed by atoms with Crippen LogP contribution in [0.1, 0.15) is 27.0 Å². The maximum absolute atomic E-state index is 12.8. The van der Waals surface area contributed by atoms with Gasteiger partial charge >= 0.3 is 0 Å². The average Bonchev–Trinajstić information content (AvgIpc) is 3.23. The van der Waals surface area contributed by atoms with Gasteiger partial charge in [-0.05, 0) is 79.1 Å². The molecule has 8 heteroatoms. The molecule has 0 radical (unpaired) electrons. The van der Waals surface area contributed by atoms with E-state index in [1.165, 1.54) is 0 Å². The molecule has 3 aromatic rings. The number of nitrogens with one attached hydrogen (secondary N) is 1. The van der Waals surface area contributed by atoms with Crippen LogP contribution in [-0.2, 0) is 16.6 Å². The van der Waals surface area contributed by atoms with Gasteiger partial charge in [0.25, 0.3) is 15.9 Å². The van der Waals surface area contributed by atoms with E-state index in [-0.39, 0.29) is 17.6 Å². The van der Waals surface area contributed by atoms with E-state index in [0.717, 1.165) is 16.7 Å². The van der Waals surface area contributed by atoms with Gasteiger partial charge in [-0.15, -0.1) is 0 Å². The van der Waals surface area contributed by atoms with E-state index < -0.39 is 10.0 Å². The summed E-state index contributed by atoms with van der Waals surface area (Å²) in [5, 5.41) is 0. The largest absolute Gasteiger partial charge is 0.454 e. The molecule has 1 heterocycles. The number of carbonyl (C=O) groups is 1. The first kappa shape index (κ1) is 21.7. The summed E-state index contributed by atoms with van der Waals surface area (Å²) in [5.74, 6) is 1.19. The summed E-state index contributed by atoms with van der Waals surface area (Å²) < 4.78 is 38.6. The third-order valence-electron chi connectivity index (χ3n) is 5.38. The van der Waals surface area contributed by atoms with Crippen molar-refractivity contribution in [3.05, 3.63) is 82.9 Å². The summed E-state index contributed by atoms with van der Waals surface area (Å²) in [4.78, 5) is 14.6. The Morgan fingerprint density at radius 1 is 0.938 bits per heavy atom. The number of carbonyl (C=O) groups excluding carboxylic acids is 1. The molecule has 0 bridgehead atoms. The Labute approximate surface area is 187 Å². The lowest BCUT2D eigenvalue weighted by molar-refractivity contribution is 0.0785. The minimum absolute atomic E-state index is 0.175. The van der Waals surface area contributed by atoms with E-state index >= 15 is 0 Å². The van der Waals surface area contributed by atoms with E-state index in [1.54, 1.807) is 54.4 Å². The van der Waals surface area contributed by atoms with E-state index in [0.29, 0.717) is 29.3 Å². The molecule has 32 heavy (non-hydrogen) atoms. The number of aryl methyl sites for hydroxylation is 2. The van der Waals surface area contributed by atoms with Crippen LogP contribution < -0.4 is 14.2 Å². The van der Waals surface area contributed by atoms with Gasteiger partial charge in [0, 0.05) is 24.8 Å². The zero-order valence-electron chi connectivity index (χ0n) is 18.1. The number of hydrogen-bond acceptors (Lipinski definition) is 5. The quantitative estimate of drug-likeness (QED) is 0.609.